The van der Waals surface area contributed by atoms with Crippen LogP contribution in [-0.2, 0) is 6.61 Å². The maximum absolute atomic E-state index is 8.91. The molecule has 1 aliphatic carbocycles. The van der Waals surface area contributed by atoms with Gasteiger partial charge in [0.1, 0.15) is 5.82 Å². The molecule has 0 aromatic carbocycles. The van der Waals surface area contributed by atoms with Crippen molar-refractivity contribution in [2.45, 2.75) is 26.4 Å². The Bertz CT molecular complexity index is 321. The van der Waals surface area contributed by atoms with Crippen molar-refractivity contribution in [3.05, 3.63) is 23.9 Å². The van der Waals surface area contributed by atoms with Crippen molar-refractivity contribution >= 4 is 5.82 Å². The number of aromatic nitrogens is 1. The molecule has 0 aliphatic heterocycles. The van der Waals surface area contributed by atoms with Gasteiger partial charge in [0.2, 0.25) is 0 Å². The van der Waals surface area contributed by atoms with E-state index in [1.807, 2.05) is 18.2 Å². The molecule has 0 spiro atoms. The van der Waals surface area contributed by atoms with Crippen molar-refractivity contribution in [2.24, 2.45) is 5.41 Å². The number of pyridine rings is 1. The van der Waals surface area contributed by atoms with Crippen LogP contribution in [0.5, 0.6) is 0 Å². The molecule has 0 atom stereocenters. The second-order valence-electron chi connectivity index (χ2n) is 4.34. The lowest BCUT2D eigenvalue weighted by Gasteiger charge is -2.10. The van der Waals surface area contributed by atoms with Crippen molar-refractivity contribution in [3.8, 4) is 0 Å². The van der Waals surface area contributed by atoms with Crippen LogP contribution < -0.4 is 5.32 Å². The second kappa shape index (κ2) is 3.58. The Morgan fingerprint density at radius 2 is 2.29 bits per heavy atom. The highest BCUT2D eigenvalue weighted by atomic mass is 16.3. The van der Waals surface area contributed by atoms with Gasteiger partial charge in [-0.1, -0.05) is 13.0 Å². The summed E-state index contributed by atoms with van der Waals surface area (Å²) in [5.74, 6) is 0.865. The van der Waals surface area contributed by atoms with Crippen LogP contribution >= 0.6 is 0 Å². The van der Waals surface area contributed by atoms with E-state index in [-0.39, 0.29) is 6.61 Å². The number of hydrogen-bond donors (Lipinski definition) is 2. The van der Waals surface area contributed by atoms with E-state index in [2.05, 4.69) is 17.2 Å². The van der Waals surface area contributed by atoms with Crippen molar-refractivity contribution in [1.29, 1.82) is 0 Å². The minimum absolute atomic E-state index is 0.00673. The van der Waals surface area contributed by atoms with Crippen molar-refractivity contribution in [1.82, 2.24) is 4.98 Å². The summed E-state index contributed by atoms with van der Waals surface area (Å²) >= 11 is 0. The van der Waals surface area contributed by atoms with Crippen LogP contribution in [0.3, 0.4) is 0 Å². The molecule has 1 fully saturated rings. The van der Waals surface area contributed by atoms with Crippen LogP contribution in [-0.4, -0.2) is 16.6 Å². The first-order valence-electron chi connectivity index (χ1n) is 5.03. The largest absolute Gasteiger partial charge is 0.390 e. The third-order valence-electron chi connectivity index (χ3n) is 2.77. The first-order valence-corrected chi connectivity index (χ1v) is 5.03. The highest BCUT2D eigenvalue weighted by Gasteiger charge is 2.36. The average Bonchev–Trinajstić information content (AvgIpc) is 2.95. The smallest absolute Gasteiger partial charge is 0.126 e. The van der Waals surface area contributed by atoms with Gasteiger partial charge in [-0.05, 0) is 30.4 Å². The standard InChI is InChI=1S/C11H16N2O/c1-11(5-6-11)8-12-10-4-2-3-9(7-14)13-10/h2-4,14H,5-8H2,1H3,(H,12,13). The summed E-state index contributed by atoms with van der Waals surface area (Å²) in [6, 6.07) is 5.67. The highest BCUT2D eigenvalue weighted by Crippen LogP contribution is 2.44. The van der Waals surface area contributed by atoms with Gasteiger partial charge in [-0.3, -0.25) is 0 Å². The lowest BCUT2D eigenvalue weighted by molar-refractivity contribution is 0.277. The fraction of sp³-hybridized carbons (Fsp3) is 0.545. The van der Waals surface area contributed by atoms with Crippen molar-refractivity contribution < 1.29 is 5.11 Å². The number of hydrogen-bond acceptors (Lipinski definition) is 3. The van der Waals surface area contributed by atoms with E-state index in [9.17, 15) is 0 Å². The minimum Gasteiger partial charge on any atom is -0.390 e. The van der Waals surface area contributed by atoms with Crippen LogP contribution in [0.1, 0.15) is 25.5 Å². The first-order chi connectivity index (χ1) is 6.72. The van der Waals surface area contributed by atoms with Gasteiger partial charge in [-0.15, -0.1) is 0 Å². The maximum Gasteiger partial charge on any atom is 0.126 e. The molecule has 0 amide bonds. The van der Waals surface area contributed by atoms with E-state index >= 15 is 0 Å². The Balaban J connectivity index is 1.94. The quantitative estimate of drug-likeness (QED) is 0.764. The summed E-state index contributed by atoms with van der Waals surface area (Å²) in [5, 5.41) is 12.2. The summed E-state index contributed by atoms with van der Waals surface area (Å²) in [4.78, 5) is 4.26. The number of nitrogens with zero attached hydrogens (tertiary/aromatic N) is 1. The number of nitrogens with one attached hydrogen (secondary N) is 1. The van der Waals surface area contributed by atoms with Gasteiger partial charge in [-0.25, -0.2) is 4.98 Å². The molecule has 76 valence electrons. The summed E-state index contributed by atoms with van der Waals surface area (Å²) in [6.45, 7) is 3.26. The van der Waals surface area contributed by atoms with Crippen LogP contribution in [0.2, 0.25) is 0 Å². The fourth-order valence-electron chi connectivity index (χ4n) is 1.36. The van der Waals surface area contributed by atoms with Crippen LogP contribution in [0.4, 0.5) is 5.82 Å². The third-order valence-corrected chi connectivity index (χ3v) is 2.77. The van der Waals surface area contributed by atoms with E-state index < -0.39 is 0 Å². The SMILES string of the molecule is CC1(CNc2cccc(CO)n2)CC1. The Morgan fingerprint density at radius 3 is 2.93 bits per heavy atom. The van der Waals surface area contributed by atoms with E-state index in [0.717, 1.165) is 18.1 Å². The molecule has 1 aromatic rings. The van der Waals surface area contributed by atoms with Gasteiger partial charge in [-0.2, -0.15) is 0 Å². The number of rotatable bonds is 4. The topological polar surface area (TPSA) is 45.1 Å². The third kappa shape index (κ3) is 2.23. The minimum atomic E-state index is 0.00673. The molecule has 1 saturated carbocycles. The molecule has 0 radical (unpaired) electrons. The molecule has 1 aromatic heterocycles. The van der Waals surface area contributed by atoms with Crippen molar-refractivity contribution in [2.75, 3.05) is 11.9 Å². The average molecular weight is 192 g/mol. The molecular weight excluding hydrogens is 176 g/mol. The number of aliphatic hydroxyl groups excluding tert-OH is 1. The molecule has 2 rings (SSSR count). The van der Waals surface area contributed by atoms with E-state index in [4.69, 9.17) is 5.11 Å². The maximum atomic E-state index is 8.91. The molecule has 1 heterocycles. The van der Waals surface area contributed by atoms with E-state index in [0.29, 0.717) is 5.41 Å². The zero-order chi connectivity index (χ0) is 10.0. The second-order valence-corrected chi connectivity index (χ2v) is 4.34. The Kier molecular flexibility index (Phi) is 2.42. The number of anilines is 1. The predicted octanol–water partition coefficient (Wildman–Crippen LogP) is 1.79. The predicted molar refractivity (Wildman–Crippen MR) is 56.0 cm³/mol. The summed E-state index contributed by atoms with van der Waals surface area (Å²) in [6.07, 6.45) is 2.61. The molecule has 0 bridgehead atoms. The van der Waals surface area contributed by atoms with Crippen LogP contribution in [0, 0.1) is 5.41 Å². The normalized spacial score (nSPS) is 17.9. The Hall–Kier alpha value is -1.09. The molecule has 3 heteroatoms. The first kappa shape index (κ1) is 9.46. The molecule has 0 saturated heterocycles. The molecule has 3 nitrogen and oxygen atoms in total. The monoisotopic (exact) mass is 192 g/mol. The van der Waals surface area contributed by atoms with Gasteiger partial charge >= 0.3 is 0 Å². The van der Waals surface area contributed by atoms with E-state index in [1.165, 1.54) is 12.8 Å². The number of aliphatic hydroxyl groups is 1. The van der Waals surface area contributed by atoms with Gasteiger partial charge in [0.15, 0.2) is 0 Å². The summed E-state index contributed by atoms with van der Waals surface area (Å²) in [7, 11) is 0. The molecular formula is C11H16N2O. The molecule has 2 N–H and O–H groups in total. The van der Waals surface area contributed by atoms with E-state index in [1.54, 1.807) is 0 Å². The van der Waals surface area contributed by atoms with Gasteiger partial charge in [0.05, 0.1) is 12.3 Å². The molecule has 14 heavy (non-hydrogen) atoms. The van der Waals surface area contributed by atoms with Crippen molar-refractivity contribution in [3.63, 3.8) is 0 Å². The van der Waals surface area contributed by atoms with Gasteiger partial charge in [0.25, 0.3) is 0 Å². The Labute approximate surface area is 84.2 Å². The molecule has 0 unspecified atom stereocenters. The van der Waals surface area contributed by atoms with Gasteiger partial charge < -0.3 is 10.4 Å². The lowest BCUT2D eigenvalue weighted by atomic mass is 10.1. The summed E-state index contributed by atoms with van der Waals surface area (Å²) in [5.41, 5.74) is 1.20. The fourth-order valence-corrected chi connectivity index (χ4v) is 1.36. The zero-order valence-corrected chi connectivity index (χ0v) is 8.45. The van der Waals surface area contributed by atoms with Gasteiger partial charge in [0, 0.05) is 6.54 Å². The summed E-state index contributed by atoms with van der Waals surface area (Å²) < 4.78 is 0. The molecule has 1 aliphatic rings. The van der Waals surface area contributed by atoms with Crippen LogP contribution in [0.15, 0.2) is 18.2 Å². The Morgan fingerprint density at radius 1 is 1.50 bits per heavy atom. The highest BCUT2D eigenvalue weighted by molar-refractivity contribution is 5.35. The zero-order valence-electron chi connectivity index (χ0n) is 8.45. The lowest BCUT2D eigenvalue weighted by Crippen LogP contribution is -2.12. The van der Waals surface area contributed by atoms with Crippen LogP contribution in [0.25, 0.3) is 0 Å².